The Balaban J connectivity index is 2.22. The third kappa shape index (κ3) is 1.02. The lowest BCUT2D eigenvalue weighted by molar-refractivity contribution is -0.261. The standard InChI is InChI=1S/C9H12F2O3/c10-9(11)4-7(5-9,6(12)13)8(14)2-1-3-8/h14H,1-5H2,(H,12,13). The summed E-state index contributed by atoms with van der Waals surface area (Å²) in [7, 11) is 0. The van der Waals surface area contributed by atoms with Gasteiger partial charge in [-0.1, -0.05) is 0 Å². The van der Waals surface area contributed by atoms with Crippen molar-refractivity contribution in [2.24, 2.45) is 5.41 Å². The van der Waals surface area contributed by atoms with Crippen LogP contribution in [0.25, 0.3) is 0 Å². The molecule has 5 heteroatoms. The minimum Gasteiger partial charge on any atom is -0.481 e. The van der Waals surface area contributed by atoms with Crippen LogP contribution in [-0.4, -0.2) is 27.7 Å². The minimum atomic E-state index is -2.91. The van der Waals surface area contributed by atoms with Gasteiger partial charge in [-0.25, -0.2) is 8.78 Å². The number of alkyl halides is 2. The third-order valence-electron chi connectivity index (χ3n) is 3.60. The largest absolute Gasteiger partial charge is 0.481 e. The Hall–Kier alpha value is -0.710. The average molecular weight is 206 g/mol. The van der Waals surface area contributed by atoms with Gasteiger partial charge in [-0.3, -0.25) is 4.79 Å². The van der Waals surface area contributed by atoms with Crippen LogP contribution in [0.2, 0.25) is 0 Å². The second-order valence-corrected chi connectivity index (χ2v) is 4.48. The molecule has 0 amide bonds. The first-order chi connectivity index (χ1) is 6.31. The molecule has 0 saturated heterocycles. The van der Waals surface area contributed by atoms with Crippen molar-refractivity contribution in [1.29, 1.82) is 0 Å². The normalized spacial score (nSPS) is 31.4. The Morgan fingerprint density at radius 1 is 1.21 bits per heavy atom. The Bertz CT molecular complexity index is 276. The van der Waals surface area contributed by atoms with Gasteiger partial charge in [-0.05, 0) is 19.3 Å². The first-order valence-electron chi connectivity index (χ1n) is 4.65. The van der Waals surface area contributed by atoms with E-state index in [-0.39, 0.29) is 0 Å². The molecule has 2 rings (SSSR count). The fourth-order valence-electron chi connectivity index (χ4n) is 2.50. The van der Waals surface area contributed by atoms with Crippen LogP contribution in [0.3, 0.4) is 0 Å². The number of aliphatic hydroxyl groups is 1. The molecule has 2 fully saturated rings. The summed E-state index contributed by atoms with van der Waals surface area (Å²) >= 11 is 0. The molecule has 80 valence electrons. The summed E-state index contributed by atoms with van der Waals surface area (Å²) in [5.41, 5.74) is -2.98. The van der Waals surface area contributed by atoms with E-state index in [0.717, 1.165) is 6.42 Å². The van der Waals surface area contributed by atoms with Crippen LogP contribution in [-0.2, 0) is 4.79 Å². The van der Waals surface area contributed by atoms with Crippen LogP contribution in [0.1, 0.15) is 32.1 Å². The van der Waals surface area contributed by atoms with Gasteiger partial charge < -0.3 is 10.2 Å². The van der Waals surface area contributed by atoms with Crippen LogP contribution in [0.15, 0.2) is 0 Å². The predicted octanol–water partition coefficient (Wildman–Crippen LogP) is 1.40. The van der Waals surface area contributed by atoms with Gasteiger partial charge >= 0.3 is 5.97 Å². The maximum Gasteiger partial charge on any atom is 0.313 e. The third-order valence-corrected chi connectivity index (χ3v) is 3.60. The number of carboxylic acid groups (broad SMARTS) is 1. The Morgan fingerprint density at radius 2 is 1.71 bits per heavy atom. The van der Waals surface area contributed by atoms with Gasteiger partial charge in [0, 0.05) is 12.8 Å². The molecule has 2 aliphatic carbocycles. The summed E-state index contributed by atoms with van der Waals surface area (Å²) in [6.45, 7) is 0. The van der Waals surface area contributed by atoms with Crippen LogP contribution < -0.4 is 0 Å². The molecule has 2 aliphatic rings. The zero-order valence-electron chi connectivity index (χ0n) is 7.59. The highest BCUT2D eigenvalue weighted by atomic mass is 19.3. The second-order valence-electron chi connectivity index (χ2n) is 4.48. The summed E-state index contributed by atoms with van der Waals surface area (Å²) in [5, 5.41) is 18.8. The summed E-state index contributed by atoms with van der Waals surface area (Å²) in [4.78, 5) is 10.9. The van der Waals surface area contributed by atoms with Crippen molar-refractivity contribution >= 4 is 5.97 Å². The molecule has 0 heterocycles. The number of hydrogen-bond acceptors (Lipinski definition) is 2. The Labute approximate surface area is 79.7 Å². The molecular weight excluding hydrogens is 194 g/mol. The molecule has 0 unspecified atom stereocenters. The number of rotatable bonds is 2. The molecule has 3 nitrogen and oxygen atoms in total. The first kappa shape index (κ1) is 9.83. The van der Waals surface area contributed by atoms with Crippen molar-refractivity contribution in [1.82, 2.24) is 0 Å². The van der Waals surface area contributed by atoms with E-state index in [1.807, 2.05) is 0 Å². The maximum absolute atomic E-state index is 12.7. The van der Waals surface area contributed by atoms with Gasteiger partial charge in [0.1, 0.15) is 5.41 Å². The Kier molecular flexibility index (Phi) is 1.72. The van der Waals surface area contributed by atoms with Crippen molar-refractivity contribution < 1.29 is 23.8 Å². The number of aliphatic carboxylic acids is 1. The molecule has 0 atom stereocenters. The number of carboxylic acids is 1. The molecule has 14 heavy (non-hydrogen) atoms. The van der Waals surface area contributed by atoms with Gasteiger partial charge in [0.15, 0.2) is 0 Å². The lowest BCUT2D eigenvalue weighted by atomic mass is 9.51. The minimum absolute atomic E-state index is 0.329. The lowest BCUT2D eigenvalue weighted by Crippen LogP contribution is -2.66. The quantitative estimate of drug-likeness (QED) is 0.718. The summed E-state index contributed by atoms with van der Waals surface area (Å²) in [5.74, 6) is -4.20. The van der Waals surface area contributed by atoms with E-state index in [0.29, 0.717) is 12.8 Å². The summed E-state index contributed by atoms with van der Waals surface area (Å²) < 4.78 is 25.4. The zero-order chi connectivity index (χ0) is 10.6. The smallest absolute Gasteiger partial charge is 0.313 e. The molecule has 0 bridgehead atoms. The highest BCUT2D eigenvalue weighted by Gasteiger charge is 2.71. The van der Waals surface area contributed by atoms with E-state index in [1.54, 1.807) is 0 Å². The van der Waals surface area contributed by atoms with E-state index >= 15 is 0 Å². The van der Waals surface area contributed by atoms with E-state index in [4.69, 9.17) is 5.11 Å². The molecule has 0 radical (unpaired) electrons. The number of carbonyl (C=O) groups is 1. The lowest BCUT2D eigenvalue weighted by Gasteiger charge is -2.57. The van der Waals surface area contributed by atoms with Crippen molar-refractivity contribution in [3.8, 4) is 0 Å². The van der Waals surface area contributed by atoms with Crippen molar-refractivity contribution in [3.05, 3.63) is 0 Å². The van der Waals surface area contributed by atoms with E-state index in [1.165, 1.54) is 0 Å². The second kappa shape index (κ2) is 2.45. The van der Waals surface area contributed by atoms with E-state index in [9.17, 15) is 18.7 Å². The fourth-order valence-corrected chi connectivity index (χ4v) is 2.50. The van der Waals surface area contributed by atoms with Crippen LogP contribution in [0.4, 0.5) is 8.78 Å². The van der Waals surface area contributed by atoms with Crippen LogP contribution in [0, 0.1) is 5.41 Å². The predicted molar refractivity (Wildman–Crippen MR) is 43.1 cm³/mol. The fraction of sp³-hybridized carbons (Fsp3) is 0.889. The molecule has 2 N–H and O–H groups in total. The van der Waals surface area contributed by atoms with Crippen LogP contribution >= 0.6 is 0 Å². The SMILES string of the molecule is O=C(O)C1(C2(O)CCC2)CC(F)(F)C1. The van der Waals surface area contributed by atoms with Crippen LogP contribution in [0.5, 0.6) is 0 Å². The molecule has 0 aliphatic heterocycles. The number of halogens is 2. The zero-order valence-corrected chi connectivity index (χ0v) is 7.59. The molecule has 0 spiro atoms. The molecule has 0 aromatic heterocycles. The maximum atomic E-state index is 12.7. The van der Waals surface area contributed by atoms with Gasteiger partial charge in [0.2, 0.25) is 0 Å². The van der Waals surface area contributed by atoms with E-state index < -0.39 is 35.7 Å². The van der Waals surface area contributed by atoms with Gasteiger partial charge in [0.25, 0.3) is 5.92 Å². The van der Waals surface area contributed by atoms with Gasteiger partial charge in [0.05, 0.1) is 5.60 Å². The molecular formula is C9H12F2O3. The molecule has 2 saturated carbocycles. The highest BCUT2D eigenvalue weighted by Crippen LogP contribution is 2.62. The van der Waals surface area contributed by atoms with Crippen molar-refractivity contribution in [2.75, 3.05) is 0 Å². The molecule has 0 aromatic rings. The average Bonchev–Trinajstić information content (AvgIpc) is 1.94. The first-order valence-corrected chi connectivity index (χ1v) is 4.65. The summed E-state index contributed by atoms with van der Waals surface area (Å²) in [6.07, 6.45) is -0.0560. The topological polar surface area (TPSA) is 57.5 Å². The Morgan fingerprint density at radius 3 is 1.93 bits per heavy atom. The van der Waals surface area contributed by atoms with E-state index in [2.05, 4.69) is 0 Å². The monoisotopic (exact) mass is 206 g/mol. The summed E-state index contributed by atoms with van der Waals surface area (Å²) in [6, 6.07) is 0. The highest BCUT2D eigenvalue weighted by molar-refractivity contribution is 5.78. The molecule has 0 aromatic carbocycles. The van der Waals surface area contributed by atoms with Crippen molar-refractivity contribution in [2.45, 2.75) is 43.6 Å². The number of hydrogen-bond donors (Lipinski definition) is 2. The van der Waals surface area contributed by atoms with Gasteiger partial charge in [-0.15, -0.1) is 0 Å². The van der Waals surface area contributed by atoms with Gasteiger partial charge in [-0.2, -0.15) is 0 Å². The van der Waals surface area contributed by atoms with Crippen molar-refractivity contribution in [3.63, 3.8) is 0 Å².